The second-order valence-electron chi connectivity index (χ2n) is 7.66. The Labute approximate surface area is 188 Å². The van der Waals surface area contributed by atoms with Crippen LogP contribution in [0.5, 0.6) is 0 Å². The van der Waals surface area contributed by atoms with Crippen molar-refractivity contribution in [2.45, 2.75) is 13.5 Å². The lowest BCUT2D eigenvalue weighted by Gasteiger charge is -2.05. The van der Waals surface area contributed by atoms with Crippen LogP contribution in [0.2, 0.25) is 0 Å². The average molecular weight is 436 g/mol. The third-order valence-electron chi connectivity index (χ3n) is 5.56. The largest absolute Gasteiger partial charge is 0.472 e. The molecule has 3 N–H and O–H groups in total. The zero-order chi connectivity index (χ0) is 22.2. The van der Waals surface area contributed by atoms with Gasteiger partial charge in [0.2, 0.25) is 0 Å². The molecule has 0 aromatic carbocycles. The van der Waals surface area contributed by atoms with Gasteiger partial charge in [0.1, 0.15) is 5.69 Å². The lowest BCUT2D eigenvalue weighted by Crippen LogP contribution is -2.12. The average Bonchev–Trinajstić information content (AvgIpc) is 3.61. The topological polar surface area (TPSA) is 121 Å². The summed E-state index contributed by atoms with van der Waals surface area (Å²) >= 11 is 0. The van der Waals surface area contributed by atoms with Crippen LogP contribution in [-0.4, -0.2) is 41.7 Å². The number of aromatic nitrogens is 7. The van der Waals surface area contributed by atoms with Crippen LogP contribution in [0.1, 0.15) is 12.6 Å². The lowest BCUT2D eigenvalue weighted by atomic mass is 10.1. The SMILES string of the molecule is CCNCc1cc(-c2cc3c(-c4nc5nccc(-c6ccoc6)c5[nH]4)n[nH]c3cn2)ccn1. The molecule has 6 heterocycles. The molecule has 0 aliphatic heterocycles. The maximum atomic E-state index is 5.25. The summed E-state index contributed by atoms with van der Waals surface area (Å²) < 4.78 is 5.25. The van der Waals surface area contributed by atoms with Crippen molar-refractivity contribution in [3.63, 3.8) is 0 Å². The van der Waals surface area contributed by atoms with Gasteiger partial charge in [-0.1, -0.05) is 6.92 Å². The molecular formula is C24H20N8O. The van der Waals surface area contributed by atoms with Gasteiger partial charge in [-0.15, -0.1) is 0 Å². The summed E-state index contributed by atoms with van der Waals surface area (Å²) in [5.74, 6) is 0.638. The molecule has 6 aromatic rings. The molecule has 162 valence electrons. The van der Waals surface area contributed by atoms with Crippen molar-refractivity contribution in [1.29, 1.82) is 0 Å². The van der Waals surface area contributed by atoms with Crippen molar-refractivity contribution in [3.8, 4) is 33.9 Å². The number of pyridine rings is 3. The number of imidazole rings is 1. The zero-order valence-corrected chi connectivity index (χ0v) is 17.8. The molecule has 0 aliphatic carbocycles. The van der Waals surface area contributed by atoms with Gasteiger partial charge in [0.25, 0.3) is 0 Å². The van der Waals surface area contributed by atoms with Gasteiger partial charge in [-0.3, -0.25) is 15.1 Å². The summed E-state index contributed by atoms with van der Waals surface area (Å²) in [5.41, 5.74) is 7.75. The highest BCUT2D eigenvalue weighted by molar-refractivity contribution is 5.96. The molecule has 0 fully saturated rings. The highest BCUT2D eigenvalue weighted by Gasteiger charge is 2.17. The molecule has 0 saturated heterocycles. The predicted octanol–water partition coefficient (Wildman–Crippen LogP) is 4.33. The van der Waals surface area contributed by atoms with Crippen molar-refractivity contribution >= 4 is 22.1 Å². The smallest absolute Gasteiger partial charge is 0.178 e. The summed E-state index contributed by atoms with van der Waals surface area (Å²) in [6, 6.07) is 9.90. The number of H-pyrrole nitrogens is 2. The Balaban J connectivity index is 1.44. The number of nitrogens with one attached hydrogen (secondary N) is 3. The van der Waals surface area contributed by atoms with Crippen LogP contribution in [-0.2, 0) is 6.54 Å². The third-order valence-corrected chi connectivity index (χ3v) is 5.56. The quantitative estimate of drug-likeness (QED) is 0.355. The minimum Gasteiger partial charge on any atom is -0.472 e. The number of hydrogen-bond acceptors (Lipinski definition) is 7. The van der Waals surface area contributed by atoms with Gasteiger partial charge in [0, 0.05) is 41.0 Å². The number of hydrogen-bond donors (Lipinski definition) is 3. The van der Waals surface area contributed by atoms with Crippen LogP contribution in [0, 0.1) is 0 Å². The van der Waals surface area contributed by atoms with E-state index in [4.69, 9.17) is 9.40 Å². The summed E-state index contributed by atoms with van der Waals surface area (Å²) in [6.45, 7) is 3.68. The van der Waals surface area contributed by atoms with Crippen molar-refractivity contribution in [2.24, 2.45) is 0 Å². The van der Waals surface area contributed by atoms with Crippen molar-refractivity contribution in [3.05, 3.63) is 67.1 Å². The van der Waals surface area contributed by atoms with Crippen LogP contribution in [0.15, 0.2) is 65.9 Å². The maximum absolute atomic E-state index is 5.25. The Kier molecular flexibility index (Phi) is 4.66. The van der Waals surface area contributed by atoms with E-state index in [1.807, 2.05) is 30.5 Å². The van der Waals surface area contributed by atoms with Gasteiger partial charge < -0.3 is 14.7 Å². The first-order valence-corrected chi connectivity index (χ1v) is 10.7. The molecule has 6 aromatic heterocycles. The standard InChI is InChI=1S/C24H20N8O/c1-2-25-11-16-9-14(3-6-26-16)19-10-18-20(12-28-19)31-32-22(18)24-29-21-17(15-5-8-33-13-15)4-7-27-23(21)30-24/h3-10,12-13,25H,2,11H2,1H3,(H,31,32)(H,27,29,30). The Bertz CT molecular complexity index is 1560. The minimum absolute atomic E-state index is 0.622. The fourth-order valence-corrected chi connectivity index (χ4v) is 3.92. The van der Waals surface area contributed by atoms with Gasteiger partial charge in [0.15, 0.2) is 11.5 Å². The Morgan fingerprint density at radius 2 is 1.97 bits per heavy atom. The number of furan rings is 1. The van der Waals surface area contributed by atoms with Crippen molar-refractivity contribution in [2.75, 3.05) is 6.54 Å². The van der Waals surface area contributed by atoms with Crippen LogP contribution >= 0.6 is 0 Å². The molecule has 33 heavy (non-hydrogen) atoms. The molecule has 9 heteroatoms. The van der Waals surface area contributed by atoms with E-state index in [1.165, 1.54) is 0 Å². The van der Waals surface area contributed by atoms with Crippen LogP contribution in [0.4, 0.5) is 0 Å². The summed E-state index contributed by atoms with van der Waals surface area (Å²) in [7, 11) is 0. The molecule has 6 rings (SSSR count). The maximum Gasteiger partial charge on any atom is 0.178 e. The lowest BCUT2D eigenvalue weighted by molar-refractivity contribution is 0.568. The molecule has 0 atom stereocenters. The minimum atomic E-state index is 0.622. The Hall–Kier alpha value is -4.37. The van der Waals surface area contributed by atoms with E-state index in [0.29, 0.717) is 23.7 Å². The molecule has 0 bridgehead atoms. The molecule has 0 unspecified atom stereocenters. The summed E-state index contributed by atoms with van der Waals surface area (Å²) in [5, 5.41) is 11.8. The van der Waals surface area contributed by atoms with Gasteiger partial charge in [-0.05, 0) is 36.9 Å². The van der Waals surface area contributed by atoms with Crippen LogP contribution in [0.3, 0.4) is 0 Å². The summed E-state index contributed by atoms with van der Waals surface area (Å²) in [6.07, 6.45) is 8.71. The fourth-order valence-electron chi connectivity index (χ4n) is 3.92. The van der Waals surface area contributed by atoms with Gasteiger partial charge in [0.05, 0.1) is 41.1 Å². The van der Waals surface area contributed by atoms with E-state index in [2.05, 4.69) is 48.4 Å². The van der Waals surface area contributed by atoms with E-state index in [-0.39, 0.29) is 0 Å². The van der Waals surface area contributed by atoms with Crippen molar-refractivity contribution < 1.29 is 4.42 Å². The number of rotatable bonds is 6. The van der Waals surface area contributed by atoms with E-state index < -0.39 is 0 Å². The molecule has 0 aliphatic rings. The van der Waals surface area contributed by atoms with E-state index >= 15 is 0 Å². The zero-order valence-electron chi connectivity index (χ0n) is 17.8. The summed E-state index contributed by atoms with van der Waals surface area (Å²) in [4.78, 5) is 21.6. The van der Waals surface area contributed by atoms with Gasteiger partial charge >= 0.3 is 0 Å². The monoisotopic (exact) mass is 436 g/mol. The molecular weight excluding hydrogens is 416 g/mol. The Morgan fingerprint density at radius 3 is 2.85 bits per heavy atom. The van der Waals surface area contributed by atoms with Gasteiger partial charge in [-0.25, -0.2) is 9.97 Å². The van der Waals surface area contributed by atoms with Crippen molar-refractivity contribution in [1.82, 2.24) is 40.4 Å². The van der Waals surface area contributed by atoms with Crippen LogP contribution in [0.25, 0.3) is 56.0 Å². The molecule has 0 saturated carbocycles. The fraction of sp³-hybridized carbons (Fsp3) is 0.125. The van der Waals surface area contributed by atoms with Gasteiger partial charge in [-0.2, -0.15) is 5.10 Å². The number of nitrogens with zero attached hydrogens (tertiary/aromatic N) is 5. The second kappa shape index (κ2) is 7.95. The normalized spacial score (nSPS) is 11.5. The highest BCUT2D eigenvalue weighted by atomic mass is 16.3. The third kappa shape index (κ3) is 3.44. The highest BCUT2D eigenvalue weighted by Crippen LogP contribution is 2.31. The molecule has 0 spiro atoms. The molecule has 0 amide bonds. The van der Waals surface area contributed by atoms with E-state index in [0.717, 1.165) is 51.0 Å². The van der Waals surface area contributed by atoms with E-state index in [1.54, 1.807) is 24.9 Å². The second-order valence-corrected chi connectivity index (χ2v) is 7.66. The molecule has 9 nitrogen and oxygen atoms in total. The van der Waals surface area contributed by atoms with E-state index in [9.17, 15) is 0 Å². The number of aromatic amines is 2. The first kappa shape index (κ1) is 19.3. The predicted molar refractivity (Wildman–Crippen MR) is 125 cm³/mol. The first-order chi connectivity index (χ1) is 16.3. The number of fused-ring (bicyclic) bond motifs is 2. The van der Waals surface area contributed by atoms with Crippen LogP contribution < -0.4 is 5.32 Å². The Morgan fingerprint density at radius 1 is 1.03 bits per heavy atom. The molecule has 0 radical (unpaired) electrons. The first-order valence-electron chi connectivity index (χ1n) is 10.7.